The fourth-order valence-electron chi connectivity index (χ4n) is 3.38. The third-order valence-electron chi connectivity index (χ3n) is 4.43. The molecule has 3 aromatic carbocycles. The van der Waals surface area contributed by atoms with E-state index in [1.807, 2.05) is 42.5 Å². The van der Waals surface area contributed by atoms with Crippen LogP contribution >= 0.6 is 0 Å². The van der Waals surface area contributed by atoms with Crippen molar-refractivity contribution in [2.45, 2.75) is 13.8 Å². The summed E-state index contributed by atoms with van der Waals surface area (Å²) in [6.07, 6.45) is 0. The Balaban J connectivity index is 2.12. The molecule has 0 atom stereocenters. The number of benzene rings is 3. The first-order chi connectivity index (χ1) is 10.6. The number of rotatable bonds is 2. The third-order valence-corrected chi connectivity index (χ3v) is 4.43. The number of carbonyl (C=O) groups excluding carboxylic acids is 2. The third kappa shape index (κ3) is 1.61. The van der Waals surface area contributed by atoms with Gasteiger partial charge in [0.05, 0.1) is 0 Å². The van der Waals surface area contributed by atoms with E-state index in [9.17, 15) is 9.59 Å². The van der Waals surface area contributed by atoms with Crippen LogP contribution in [-0.4, -0.2) is 11.6 Å². The molecule has 0 spiro atoms. The zero-order chi connectivity index (χ0) is 15.4. The molecule has 106 valence electrons. The molecular formula is C20H14O2. The van der Waals surface area contributed by atoms with Crippen LogP contribution in [0.4, 0.5) is 0 Å². The van der Waals surface area contributed by atoms with Gasteiger partial charge in [0.15, 0.2) is 11.6 Å². The minimum absolute atomic E-state index is 0.0651. The van der Waals surface area contributed by atoms with Crippen LogP contribution in [0.2, 0.25) is 0 Å². The summed E-state index contributed by atoms with van der Waals surface area (Å²) in [6, 6.07) is 15.8. The molecule has 0 saturated carbocycles. The SMILES string of the molecule is CC(=O)c1ccc2c(c1)-c1cccc3c(C(C)=O)ccc-2c13. The van der Waals surface area contributed by atoms with Gasteiger partial charge in [-0.25, -0.2) is 0 Å². The predicted molar refractivity (Wildman–Crippen MR) is 88.4 cm³/mol. The Morgan fingerprint density at radius 3 is 2.18 bits per heavy atom. The van der Waals surface area contributed by atoms with Crippen molar-refractivity contribution in [2.75, 3.05) is 0 Å². The summed E-state index contributed by atoms with van der Waals surface area (Å²) in [6.45, 7) is 3.18. The minimum Gasteiger partial charge on any atom is -0.295 e. The van der Waals surface area contributed by atoms with Crippen LogP contribution in [0.15, 0.2) is 48.5 Å². The molecule has 0 unspecified atom stereocenters. The average molecular weight is 286 g/mol. The van der Waals surface area contributed by atoms with Crippen LogP contribution in [0.3, 0.4) is 0 Å². The number of carbonyl (C=O) groups is 2. The lowest BCUT2D eigenvalue weighted by Crippen LogP contribution is -1.93. The molecule has 1 aliphatic rings. The highest BCUT2D eigenvalue weighted by Crippen LogP contribution is 2.48. The van der Waals surface area contributed by atoms with Gasteiger partial charge in [-0.3, -0.25) is 9.59 Å². The van der Waals surface area contributed by atoms with Gasteiger partial charge in [0.2, 0.25) is 0 Å². The Bertz CT molecular complexity index is 980. The lowest BCUT2D eigenvalue weighted by molar-refractivity contribution is 0.101. The molecule has 0 N–H and O–H groups in total. The average Bonchev–Trinajstić information content (AvgIpc) is 2.83. The Morgan fingerprint density at radius 2 is 1.45 bits per heavy atom. The molecule has 0 fully saturated rings. The van der Waals surface area contributed by atoms with E-state index in [0.717, 1.165) is 44.2 Å². The topological polar surface area (TPSA) is 34.1 Å². The summed E-state index contributed by atoms with van der Waals surface area (Å²) in [5.74, 6) is 0.138. The van der Waals surface area contributed by atoms with Crippen molar-refractivity contribution in [1.29, 1.82) is 0 Å². The molecule has 0 aliphatic heterocycles. The number of Topliss-reactive ketones (excluding diaryl/α,β-unsaturated/α-hetero) is 2. The van der Waals surface area contributed by atoms with Crippen LogP contribution in [0.25, 0.3) is 33.0 Å². The van der Waals surface area contributed by atoms with E-state index in [0.29, 0.717) is 0 Å². The zero-order valence-corrected chi connectivity index (χ0v) is 12.4. The van der Waals surface area contributed by atoms with Gasteiger partial charge in [-0.1, -0.05) is 42.5 Å². The molecular weight excluding hydrogens is 272 g/mol. The summed E-state index contributed by atoms with van der Waals surface area (Å²) in [5, 5.41) is 2.11. The van der Waals surface area contributed by atoms with Crippen LogP contribution in [0.5, 0.6) is 0 Å². The fraction of sp³-hybridized carbons (Fsp3) is 0.100. The van der Waals surface area contributed by atoms with Crippen LogP contribution in [0, 0.1) is 0 Å². The lowest BCUT2D eigenvalue weighted by atomic mass is 9.97. The molecule has 2 nitrogen and oxygen atoms in total. The Hall–Kier alpha value is -2.74. The van der Waals surface area contributed by atoms with E-state index in [4.69, 9.17) is 0 Å². The van der Waals surface area contributed by atoms with E-state index in [-0.39, 0.29) is 11.6 Å². The monoisotopic (exact) mass is 286 g/mol. The molecule has 0 aromatic heterocycles. The van der Waals surface area contributed by atoms with E-state index >= 15 is 0 Å². The van der Waals surface area contributed by atoms with E-state index in [1.54, 1.807) is 13.8 Å². The second-order valence-corrected chi connectivity index (χ2v) is 5.76. The fourth-order valence-corrected chi connectivity index (χ4v) is 3.38. The molecule has 22 heavy (non-hydrogen) atoms. The smallest absolute Gasteiger partial charge is 0.160 e. The van der Waals surface area contributed by atoms with E-state index < -0.39 is 0 Å². The molecule has 0 bridgehead atoms. The Labute approximate surface area is 128 Å². The van der Waals surface area contributed by atoms with Gasteiger partial charge >= 0.3 is 0 Å². The highest BCUT2D eigenvalue weighted by molar-refractivity contribution is 6.20. The van der Waals surface area contributed by atoms with Crippen molar-refractivity contribution in [2.24, 2.45) is 0 Å². The molecule has 0 heterocycles. The van der Waals surface area contributed by atoms with Gasteiger partial charge in [0.25, 0.3) is 0 Å². The highest BCUT2D eigenvalue weighted by Gasteiger charge is 2.23. The van der Waals surface area contributed by atoms with Crippen molar-refractivity contribution >= 4 is 22.3 Å². The molecule has 0 saturated heterocycles. The molecule has 0 amide bonds. The van der Waals surface area contributed by atoms with Gasteiger partial charge < -0.3 is 0 Å². The van der Waals surface area contributed by atoms with Gasteiger partial charge in [0, 0.05) is 11.1 Å². The number of fused-ring (bicyclic) bond motifs is 3. The first-order valence-electron chi connectivity index (χ1n) is 7.30. The second-order valence-electron chi connectivity index (χ2n) is 5.76. The van der Waals surface area contributed by atoms with Gasteiger partial charge in [-0.2, -0.15) is 0 Å². The molecule has 4 rings (SSSR count). The van der Waals surface area contributed by atoms with Crippen LogP contribution in [-0.2, 0) is 0 Å². The standard InChI is InChI=1S/C20H14O2/c1-11(21)13-6-7-15-18-9-8-14(12(2)22)16-4-3-5-17(20(16)18)19(15)10-13/h3-10H,1-2H3. The maximum absolute atomic E-state index is 11.9. The van der Waals surface area contributed by atoms with Crippen molar-refractivity contribution < 1.29 is 9.59 Å². The molecule has 3 aromatic rings. The summed E-state index contributed by atoms with van der Waals surface area (Å²) < 4.78 is 0. The van der Waals surface area contributed by atoms with E-state index in [2.05, 4.69) is 6.07 Å². The number of hydrogen-bond donors (Lipinski definition) is 0. The molecule has 0 radical (unpaired) electrons. The molecule has 2 heteroatoms. The van der Waals surface area contributed by atoms with Crippen LogP contribution in [0.1, 0.15) is 34.6 Å². The molecule has 1 aliphatic carbocycles. The zero-order valence-electron chi connectivity index (χ0n) is 12.4. The maximum atomic E-state index is 11.9. The minimum atomic E-state index is 0.0651. The first kappa shape index (κ1) is 13.0. The summed E-state index contributed by atoms with van der Waals surface area (Å²) in [7, 11) is 0. The highest BCUT2D eigenvalue weighted by atomic mass is 16.1. The number of hydrogen-bond acceptors (Lipinski definition) is 2. The van der Waals surface area contributed by atoms with Crippen molar-refractivity contribution in [3.05, 3.63) is 59.7 Å². The summed E-state index contributed by atoms with van der Waals surface area (Å²) in [5.41, 5.74) is 5.92. The van der Waals surface area contributed by atoms with Crippen molar-refractivity contribution in [1.82, 2.24) is 0 Å². The normalized spacial score (nSPS) is 11.5. The van der Waals surface area contributed by atoms with E-state index in [1.165, 1.54) is 0 Å². The number of ketones is 2. The van der Waals surface area contributed by atoms with Crippen molar-refractivity contribution in [3.8, 4) is 22.3 Å². The predicted octanol–water partition coefficient (Wildman–Crippen LogP) is 4.89. The lowest BCUT2D eigenvalue weighted by Gasteiger charge is -2.06. The summed E-state index contributed by atoms with van der Waals surface area (Å²) in [4.78, 5) is 23.5. The Kier molecular flexibility index (Phi) is 2.58. The second kappa shape index (κ2) is 4.38. The quantitative estimate of drug-likeness (QED) is 0.491. The maximum Gasteiger partial charge on any atom is 0.160 e. The van der Waals surface area contributed by atoms with Gasteiger partial charge in [-0.15, -0.1) is 0 Å². The van der Waals surface area contributed by atoms with Crippen LogP contribution < -0.4 is 0 Å². The summed E-state index contributed by atoms with van der Waals surface area (Å²) >= 11 is 0. The first-order valence-corrected chi connectivity index (χ1v) is 7.30. The Morgan fingerprint density at radius 1 is 0.727 bits per heavy atom. The van der Waals surface area contributed by atoms with Gasteiger partial charge in [0.1, 0.15) is 0 Å². The van der Waals surface area contributed by atoms with Crippen molar-refractivity contribution in [3.63, 3.8) is 0 Å². The van der Waals surface area contributed by atoms with Gasteiger partial charge in [-0.05, 0) is 52.9 Å². The largest absolute Gasteiger partial charge is 0.295 e.